The van der Waals surface area contributed by atoms with Gasteiger partial charge in [-0.1, -0.05) is 71.1 Å². The first-order valence-electron chi connectivity index (χ1n) is 8.23. The van der Waals surface area contributed by atoms with Gasteiger partial charge in [0.15, 0.2) is 0 Å². The summed E-state index contributed by atoms with van der Waals surface area (Å²) in [6.07, 6.45) is 15.0. The van der Waals surface area contributed by atoms with Gasteiger partial charge in [0.05, 0.1) is 3.79 Å². The number of halogens is 1. The van der Waals surface area contributed by atoms with E-state index in [9.17, 15) is 0 Å². The number of nitrogens with two attached hydrogens (primary N) is 1. The van der Waals surface area contributed by atoms with E-state index in [1.54, 1.807) is 11.3 Å². The lowest BCUT2D eigenvalue weighted by molar-refractivity contribution is 0.529. The van der Waals surface area contributed by atoms with Gasteiger partial charge in [-0.25, -0.2) is 0 Å². The van der Waals surface area contributed by atoms with Crippen molar-refractivity contribution in [3.8, 4) is 0 Å². The lowest BCUT2D eigenvalue weighted by Crippen LogP contribution is -2.08. The average molecular weight is 360 g/mol. The maximum Gasteiger partial charge on any atom is 0.0701 e. The highest BCUT2D eigenvalue weighted by atomic mass is 79.9. The molecule has 2 N–H and O–H groups in total. The van der Waals surface area contributed by atoms with Gasteiger partial charge in [0.1, 0.15) is 0 Å². The van der Waals surface area contributed by atoms with Crippen LogP contribution in [0.2, 0.25) is 0 Å². The average Bonchev–Trinajstić information content (AvgIpc) is 2.87. The fourth-order valence-electron chi connectivity index (χ4n) is 2.54. The molecule has 1 aromatic heterocycles. The van der Waals surface area contributed by atoms with Crippen LogP contribution in [0.3, 0.4) is 0 Å². The number of unbranched alkanes of at least 4 members (excludes halogenated alkanes) is 9. The van der Waals surface area contributed by atoms with Gasteiger partial charge in [-0.3, -0.25) is 0 Å². The quantitative estimate of drug-likeness (QED) is 0.407. The molecule has 1 unspecified atom stereocenters. The van der Waals surface area contributed by atoms with Crippen LogP contribution in [-0.2, 0) is 0 Å². The fourth-order valence-corrected chi connectivity index (χ4v) is 3.78. The summed E-state index contributed by atoms with van der Waals surface area (Å²) in [5.74, 6) is 0. The Morgan fingerprint density at radius 2 is 1.55 bits per heavy atom. The maximum absolute atomic E-state index is 6.20. The minimum Gasteiger partial charge on any atom is -0.324 e. The first kappa shape index (κ1) is 18.2. The highest BCUT2D eigenvalue weighted by molar-refractivity contribution is 9.11. The second-order valence-electron chi connectivity index (χ2n) is 5.76. The molecule has 1 aromatic rings. The third-order valence-corrected chi connectivity index (χ3v) is 5.41. The van der Waals surface area contributed by atoms with Gasteiger partial charge in [0, 0.05) is 6.04 Å². The van der Waals surface area contributed by atoms with Crippen LogP contribution in [0.5, 0.6) is 0 Å². The molecule has 0 amide bonds. The molecule has 0 aromatic carbocycles. The summed E-state index contributed by atoms with van der Waals surface area (Å²) >= 11 is 5.22. The van der Waals surface area contributed by atoms with Crippen LogP contribution in [0.15, 0.2) is 15.2 Å². The van der Waals surface area contributed by atoms with Gasteiger partial charge in [-0.05, 0) is 39.4 Å². The molecule has 0 aliphatic carbocycles. The van der Waals surface area contributed by atoms with Crippen LogP contribution >= 0.6 is 27.3 Å². The lowest BCUT2D eigenvalue weighted by atomic mass is 10.0. The molecule has 0 fully saturated rings. The molecule has 0 radical (unpaired) electrons. The van der Waals surface area contributed by atoms with Gasteiger partial charge in [0.25, 0.3) is 0 Å². The molecule has 0 aliphatic rings. The SMILES string of the molecule is CCCCCCCCCCCCC(N)c1csc(Br)c1. The highest BCUT2D eigenvalue weighted by Crippen LogP contribution is 2.26. The van der Waals surface area contributed by atoms with E-state index in [-0.39, 0.29) is 6.04 Å². The molecule has 0 aliphatic heterocycles. The molecule has 0 saturated carbocycles. The summed E-state index contributed by atoms with van der Waals surface area (Å²) in [6, 6.07) is 2.39. The summed E-state index contributed by atoms with van der Waals surface area (Å²) in [6.45, 7) is 2.28. The Morgan fingerprint density at radius 1 is 1.00 bits per heavy atom. The molecular weight excluding hydrogens is 330 g/mol. The van der Waals surface area contributed by atoms with Crippen LogP contribution in [0.25, 0.3) is 0 Å². The minimum absolute atomic E-state index is 0.228. The summed E-state index contributed by atoms with van der Waals surface area (Å²) in [4.78, 5) is 0. The van der Waals surface area contributed by atoms with Crippen molar-refractivity contribution < 1.29 is 0 Å². The van der Waals surface area contributed by atoms with Crippen molar-refractivity contribution >= 4 is 27.3 Å². The maximum atomic E-state index is 6.20. The molecule has 3 heteroatoms. The molecule has 0 spiro atoms. The number of hydrogen-bond donors (Lipinski definition) is 1. The smallest absolute Gasteiger partial charge is 0.0701 e. The molecule has 20 heavy (non-hydrogen) atoms. The van der Waals surface area contributed by atoms with Gasteiger partial charge < -0.3 is 5.73 Å². The zero-order valence-electron chi connectivity index (χ0n) is 12.9. The minimum atomic E-state index is 0.228. The summed E-state index contributed by atoms with van der Waals surface area (Å²) in [5, 5.41) is 2.17. The molecular formula is C17H30BrNS. The van der Waals surface area contributed by atoms with E-state index >= 15 is 0 Å². The van der Waals surface area contributed by atoms with Crippen molar-refractivity contribution in [1.82, 2.24) is 0 Å². The standard InChI is InChI=1S/C17H30BrNS/c1-2-3-4-5-6-7-8-9-10-11-12-16(19)15-13-17(18)20-14-15/h13-14,16H,2-12,19H2,1H3. The van der Waals surface area contributed by atoms with Crippen LogP contribution in [0, 0.1) is 0 Å². The zero-order chi connectivity index (χ0) is 14.6. The van der Waals surface area contributed by atoms with Crippen LogP contribution < -0.4 is 5.73 Å². The third kappa shape index (κ3) is 8.43. The van der Waals surface area contributed by atoms with E-state index < -0.39 is 0 Å². The number of thiophene rings is 1. The Kier molecular flexibility index (Phi) is 10.7. The van der Waals surface area contributed by atoms with Gasteiger partial charge in [-0.15, -0.1) is 11.3 Å². The molecule has 1 heterocycles. The third-order valence-electron chi connectivity index (χ3n) is 3.88. The van der Waals surface area contributed by atoms with Crippen LogP contribution in [0.4, 0.5) is 0 Å². The van der Waals surface area contributed by atoms with Gasteiger partial charge >= 0.3 is 0 Å². The zero-order valence-corrected chi connectivity index (χ0v) is 15.3. The van der Waals surface area contributed by atoms with E-state index in [0.29, 0.717) is 0 Å². The Labute approximate surface area is 137 Å². The molecule has 1 nitrogen and oxygen atoms in total. The topological polar surface area (TPSA) is 26.0 Å². The molecule has 1 atom stereocenters. The van der Waals surface area contributed by atoms with Crippen molar-refractivity contribution in [2.24, 2.45) is 5.73 Å². The van der Waals surface area contributed by atoms with Crippen molar-refractivity contribution in [1.29, 1.82) is 0 Å². The van der Waals surface area contributed by atoms with Crippen molar-refractivity contribution in [2.45, 2.75) is 83.6 Å². The Hall–Kier alpha value is 0.140. The summed E-state index contributed by atoms with van der Waals surface area (Å²) in [5.41, 5.74) is 7.49. The number of rotatable bonds is 12. The second kappa shape index (κ2) is 11.8. The fraction of sp³-hybridized carbons (Fsp3) is 0.765. The van der Waals surface area contributed by atoms with Gasteiger partial charge in [-0.2, -0.15) is 0 Å². The normalized spacial score (nSPS) is 12.8. The van der Waals surface area contributed by atoms with E-state index in [0.717, 1.165) is 6.42 Å². The predicted molar refractivity (Wildman–Crippen MR) is 95.4 cm³/mol. The Morgan fingerprint density at radius 3 is 2.05 bits per heavy atom. The molecule has 1 rings (SSSR count). The van der Waals surface area contributed by atoms with Crippen molar-refractivity contribution in [3.05, 3.63) is 20.8 Å². The summed E-state index contributed by atoms with van der Waals surface area (Å²) < 4.78 is 1.19. The number of hydrogen-bond acceptors (Lipinski definition) is 2. The van der Waals surface area contributed by atoms with Crippen molar-refractivity contribution in [2.75, 3.05) is 0 Å². The van der Waals surface area contributed by atoms with Crippen molar-refractivity contribution in [3.63, 3.8) is 0 Å². The molecule has 0 bridgehead atoms. The first-order valence-corrected chi connectivity index (χ1v) is 9.90. The van der Waals surface area contributed by atoms with E-state index in [1.807, 2.05) is 0 Å². The largest absolute Gasteiger partial charge is 0.324 e. The monoisotopic (exact) mass is 359 g/mol. The Balaban J connectivity index is 1.89. The van der Waals surface area contributed by atoms with E-state index in [2.05, 4.69) is 34.3 Å². The van der Waals surface area contributed by atoms with Crippen LogP contribution in [-0.4, -0.2) is 0 Å². The highest BCUT2D eigenvalue weighted by Gasteiger charge is 2.07. The predicted octanol–water partition coefficient (Wildman–Crippen LogP) is 6.82. The lowest BCUT2D eigenvalue weighted by Gasteiger charge is -2.09. The first-order chi connectivity index (χ1) is 9.74. The second-order valence-corrected chi connectivity index (χ2v) is 8.05. The van der Waals surface area contributed by atoms with E-state index in [1.165, 1.54) is 73.6 Å². The Bertz CT molecular complexity index is 337. The molecule has 116 valence electrons. The summed E-state index contributed by atoms with van der Waals surface area (Å²) in [7, 11) is 0. The van der Waals surface area contributed by atoms with E-state index in [4.69, 9.17) is 5.73 Å². The van der Waals surface area contributed by atoms with Gasteiger partial charge in [0.2, 0.25) is 0 Å². The van der Waals surface area contributed by atoms with Crippen LogP contribution in [0.1, 0.15) is 89.2 Å². The molecule has 0 saturated heterocycles.